The lowest BCUT2D eigenvalue weighted by atomic mass is 10.1. The highest BCUT2D eigenvalue weighted by atomic mass is 19.4. The highest BCUT2D eigenvalue weighted by Crippen LogP contribution is 2.32. The van der Waals surface area contributed by atoms with Gasteiger partial charge in [-0.2, -0.15) is 18.3 Å². The number of fused-ring (bicyclic) bond motifs is 1. The maximum Gasteiger partial charge on any atom is 0.416 e. The Labute approximate surface area is 151 Å². The normalized spacial score (nSPS) is 12.2. The number of hydrogen-bond acceptors (Lipinski definition) is 2. The largest absolute Gasteiger partial charge is 0.478 e. The first-order valence-corrected chi connectivity index (χ1v) is 7.89. The number of carbonyl (C=O) groups is 1. The number of aryl methyl sites for hydroxylation is 1. The highest BCUT2D eigenvalue weighted by molar-refractivity contribution is 5.92. The Morgan fingerprint density at radius 2 is 1.96 bits per heavy atom. The average Bonchev–Trinajstić information content (AvgIpc) is 2.92. The first-order chi connectivity index (χ1) is 12.6. The van der Waals surface area contributed by atoms with Gasteiger partial charge in [-0.3, -0.25) is 4.68 Å². The molecule has 0 unspecified atom stereocenters. The number of benzene rings is 2. The van der Waals surface area contributed by atoms with Gasteiger partial charge in [0.2, 0.25) is 0 Å². The predicted octanol–water partition coefficient (Wildman–Crippen LogP) is 4.65. The van der Waals surface area contributed by atoms with E-state index in [1.807, 2.05) is 0 Å². The second-order valence-corrected chi connectivity index (χ2v) is 6.01. The lowest BCUT2D eigenvalue weighted by Gasteiger charge is -2.09. The Kier molecular flexibility index (Phi) is 4.73. The summed E-state index contributed by atoms with van der Waals surface area (Å²) in [5.74, 6) is -1.61. The van der Waals surface area contributed by atoms with Crippen LogP contribution in [-0.4, -0.2) is 20.9 Å². The van der Waals surface area contributed by atoms with Crippen LogP contribution in [0.4, 0.5) is 17.6 Å². The Balaban J connectivity index is 2.15. The van der Waals surface area contributed by atoms with Crippen molar-refractivity contribution < 1.29 is 27.5 Å². The summed E-state index contributed by atoms with van der Waals surface area (Å²) < 4.78 is 53.9. The summed E-state index contributed by atoms with van der Waals surface area (Å²) >= 11 is 0. The molecule has 1 N–H and O–H groups in total. The Morgan fingerprint density at radius 3 is 2.59 bits per heavy atom. The van der Waals surface area contributed by atoms with Crippen LogP contribution in [0.3, 0.4) is 0 Å². The van der Waals surface area contributed by atoms with Crippen molar-refractivity contribution in [1.29, 1.82) is 0 Å². The smallest absolute Gasteiger partial charge is 0.416 e. The fourth-order valence-corrected chi connectivity index (χ4v) is 2.77. The van der Waals surface area contributed by atoms with Crippen molar-refractivity contribution in [1.82, 2.24) is 9.78 Å². The number of carboxylic acids is 1. The molecule has 0 amide bonds. The fraction of sp³-hybridized carbons (Fsp3) is 0.158. The molecule has 0 saturated carbocycles. The van der Waals surface area contributed by atoms with Crippen molar-refractivity contribution in [3.8, 4) is 0 Å². The van der Waals surface area contributed by atoms with E-state index >= 15 is 0 Å². The second kappa shape index (κ2) is 6.86. The molecular formula is C19H14F4N2O2. The van der Waals surface area contributed by atoms with Gasteiger partial charge in [0.05, 0.1) is 23.3 Å². The third kappa shape index (κ3) is 3.99. The zero-order chi connectivity index (χ0) is 19.8. The zero-order valence-electron chi connectivity index (χ0n) is 14.1. The third-order valence-corrected chi connectivity index (χ3v) is 4.12. The Morgan fingerprint density at radius 1 is 1.22 bits per heavy atom. The van der Waals surface area contributed by atoms with E-state index in [1.54, 1.807) is 13.0 Å². The number of aromatic nitrogens is 2. The van der Waals surface area contributed by atoms with Gasteiger partial charge in [0.25, 0.3) is 0 Å². The molecule has 140 valence electrons. The van der Waals surface area contributed by atoms with Crippen molar-refractivity contribution in [3.63, 3.8) is 0 Å². The van der Waals surface area contributed by atoms with Crippen LogP contribution in [-0.2, 0) is 17.5 Å². The quantitative estimate of drug-likeness (QED) is 0.531. The van der Waals surface area contributed by atoms with E-state index in [0.29, 0.717) is 16.5 Å². The summed E-state index contributed by atoms with van der Waals surface area (Å²) in [5.41, 5.74) is 0.931. The van der Waals surface area contributed by atoms with E-state index in [1.165, 1.54) is 29.0 Å². The van der Waals surface area contributed by atoms with E-state index in [-0.39, 0.29) is 17.8 Å². The molecule has 27 heavy (non-hydrogen) atoms. The molecule has 0 atom stereocenters. The summed E-state index contributed by atoms with van der Waals surface area (Å²) in [6.07, 6.45) is -2.43. The van der Waals surface area contributed by atoms with Crippen molar-refractivity contribution in [3.05, 3.63) is 70.7 Å². The number of alkyl halides is 3. The van der Waals surface area contributed by atoms with Crippen LogP contribution >= 0.6 is 0 Å². The van der Waals surface area contributed by atoms with Gasteiger partial charge in [0, 0.05) is 11.5 Å². The van der Waals surface area contributed by atoms with Crippen LogP contribution in [0.1, 0.15) is 22.4 Å². The molecule has 2 aromatic carbocycles. The Hall–Kier alpha value is -3.16. The topological polar surface area (TPSA) is 55.1 Å². The minimum atomic E-state index is -4.52. The molecule has 0 aliphatic carbocycles. The molecule has 0 radical (unpaired) electrons. The average molecular weight is 378 g/mol. The SMILES string of the molecule is Cc1cc(F)ccc1Cn1nc(C=CC(=O)O)c2ccc(C(F)(F)F)cc21. The van der Waals surface area contributed by atoms with Gasteiger partial charge in [-0.05, 0) is 54.5 Å². The minimum absolute atomic E-state index is 0.116. The first-order valence-electron chi connectivity index (χ1n) is 7.89. The molecule has 0 bridgehead atoms. The molecule has 4 nitrogen and oxygen atoms in total. The summed E-state index contributed by atoms with van der Waals surface area (Å²) in [7, 11) is 0. The van der Waals surface area contributed by atoms with Gasteiger partial charge in [0.1, 0.15) is 5.82 Å². The van der Waals surface area contributed by atoms with E-state index in [0.717, 1.165) is 18.2 Å². The molecule has 0 saturated heterocycles. The van der Waals surface area contributed by atoms with Crippen molar-refractivity contribution in [2.75, 3.05) is 0 Å². The van der Waals surface area contributed by atoms with Crippen LogP contribution in [0.25, 0.3) is 17.0 Å². The maximum atomic E-state index is 13.3. The molecule has 3 rings (SSSR count). The molecule has 0 aliphatic heterocycles. The van der Waals surface area contributed by atoms with E-state index in [4.69, 9.17) is 5.11 Å². The number of aliphatic carboxylic acids is 1. The fourth-order valence-electron chi connectivity index (χ4n) is 2.77. The molecule has 3 aromatic rings. The molecule has 0 aliphatic rings. The zero-order valence-corrected chi connectivity index (χ0v) is 14.1. The third-order valence-electron chi connectivity index (χ3n) is 4.12. The van der Waals surface area contributed by atoms with Crippen LogP contribution in [0.5, 0.6) is 0 Å². The monoisotopic (exact) mass is 378 g/mol. The van der Waals surface area contributed by atoms with Crippen molar-refractivity contribution in [2.45, 2.75) is 19.6 Å². The van der Waals surface area contributed by atoms with E-state index < -0.39 is 23.5 Å². The molecule has 0 fully saturated rings. The minimum Gasteiger partial charge on any atom is -0.478 e. The first kappa shape index (κ1) is 18.6. The summed E-state index contributed by atoms with van der Waals surface area (Å²) in [6.45, 7) is 1.81. The molecule has 0 spiro atoms. The number of hydrogen-bond donors (Lipinski definition) is 1. The number of halogens is 4. The van der Waals surface area contributed by atoms with Gasteiger partial charge in [-0.1, -0.05) is 6.07 Å². The van der Waals surface area contributed by atoms with Crippen LogP contribution in [0.15, 0.2) is 42.5 Å². The van der Waals surface area contributed by atoms with Gasteiger partial charge in [-0.15, -0.1) is 0 Å². The van der Waals surface area contributed by atoms with Crippen molar-refractivity contribution >= 4 is 22.9 Å². The summed E-state index contributed by atoms with van der Waals surface area (Å²) in [4.78, 5) is 10.8. The summed E-state index contributed by atoms with van der Waals surface area (Å²) in [6, 6.07) is 7.29. The number of rotatable bonds is 4. The Bertz CT molecular complexity index is 1050. The number of nitrogens with zero attached hydrogens (tertiary/aromatic N) is 2. The van der Waals surface area contributed by atoms with E-state index in [9.17, 15) is 22.4 Å². The molecule has 1 heterocycles. The highest BCUT2D eigenvalue weighted by Gasteiger charge is 2.31. The molecule has 8 heteroatoms. The molecular weight excluding hydrogens is 364 g/mol. The van der Waals surface area contributed by atoms with Gasteiger partial charge < -0.3 is 5.11 Å². The summed E-state index contributed by atoms with van der Waals surface area (Å²) in [5, 5.41) is 13.4. The molecule has 1 aromatic heterocycles. The van der Waals surface area contributed by atoms with Crippen LogP contribution in [0.2, 0.25) is 0 Å². The lowest BCUT2D eigenvalue weighted by Crippen LogP contribution is -2.07. The van der Waals surface area contributed by atoms with Crippen LogP contribution in [0, 0.1) is 12.7 Å². The van der Waals surface area contributed by atoms with Gasteiger partial charge in [0.15, 0.2) is 0 Å². The second-order valence-electron chi connectivity index (χ2n) is 6.01. The van der Waals surface area contributed by atoms with Crippen LogP contribution < -0.4 is 0 Å². The van der Waals surface area contributed by atoms with Gasteiger partial charge >= 0.3 is 12.1 Å². The standard InChI is InChI=1S/C19H14F4N2O2/c1-11-8-14(20)4-2-12(11)10-25-17-9-13(19(21,22)23)3-5-15(17)16(24-25)6-7-18(26)27/h2-9H,10H2,1H3,(H,26,27). The predicted molar refractivity (Wildman–Crippen MR) is 91.6 cm³/mol. The lowest BCUT2D eigenvalue weighted by molar-refractivity contribution is -0.137. The number of carboxylic acid groups (broad SMARTS) is 1. The maximum absolute atomic E-state index is 13.3. The van der Waals surface area contributed by atoms with Gasteiger partial charge in [-0.25, -0.2) is 9.18 Å². The van der Waals surface area contributed by atoms with Crippen molar-refractivity contribution in [2.24, 2.45) is 0 Å². The van der Waals surface area contributed by atoms with E-state index in [2.05, 4.69) is 5.10 Å².